The zero-order valence-corrected chi connectivity index (χ0v) is 13.6. The largest absolute Gasteiger partial charge is 1.00 e. The Kier molecular flexibility index (Phi) is 5.68. The maximum Gasteiger partial charge on any atom is 1.00 e. The third-order valence-corrected chi connectivity index (χ3v) is 4.05. The molecule has 1 aliphatic rings. The molecule has 1 saturated heterocycles. The molecule has 0 aromatic heterocycles. The van der Waals surface area contributed by atoms with E-state index >= 15 is 0 Å². The van der Waals surface area contributed by atoms with Crippen LogP contribution in [0.25, 0.3) is 0 Å². The van der Waals surface area contributed by atoms with E-state index in [9.17, 15) is 0 Å². The maximum atomic E-state index is 6.06. The molecule has 6 heteroatoms. The summed E-state index contributed by atoms with van der Waals surface area (Å²) in [5, 5.41) is 1.39. The van der Waals surface area contributed by atoms with Crippen LogP contribution in [0.3, 0.4) is 0 Å². The van der Waals surface area contributed by atoms with E-state index in [1.54, 1.807) is 18.2 Å². The molecule has 0 N–H and O–H groups in total. The van der Waals surface area contributed by atoms with Crippen LogP contribution in [0.2, 0.25) is 15.1 Å². The average Bonchev–Trinajstić information content (AvgIpc) is 2.92. The first-order valence-corrected chi connectivity index (χ1v) is 7.17. The van der Waals surface area contributed by atoms with Crippen molar-refractivity contribution in [3.63, 3.8) is 0 Å². The second-order valence-electron chi connectivity index (χ2n) is 4.36. The van der Waals surface area contributed by atoms with E-state index in [1.165, 1.54) is 0 Å². The summed E-state index contributed by atoms with van der Waals surface area (Å²) in [6.45, 7) is 0.973. The molecule has 2 aromatic carbocycles. The first-order chi connectivity index (χ1) is 9.62. The molecule has 0 unspecified atom stereocenters. The van der Waals surface area contributed by atoms with Crippen molar-refractivity contribution in [2.24, 2.45) is 0 Å². The normalized spacial score (nSPS) is 16.5. The molecule has 0 spiro atoms. The van der Waals surface area contributed by atoms with Gasteiger partial charge in [-0.25, -0.2) is 0 Å². The van der Waals surface area contributed by atoms with Crippen LogP contribution in [-0.4, -0.2) is 13.2 Å². The third kappa shape index (κ3) is 3.28. The van der Waals surface area contributed by atoms with Crippen LogP contribution in [0.5, 0.6) is 0 Å². The predicted octanol–water partition coefficient (Wildman–Crippen LogP) is 1.70. The standard InChI is InChI=1S/C15H10Cl3O2.Li/c16-12-3-1-2-10(8-12)15(19-6-7-20-15)11-4-5-13(17)14(18)9-11;/h1-5,8H,6-7H2;/q-1;+1. The van der Waals surface area contributed by atoms with Gasteiger partial charge < -0.3 is 9.47 Å². The molecule has 1 aliphatic heterocycles. The molecule has 0 aliphatic carbocycles. The summed E-state index contributed by atoms with van der Waals surface area (Å²) in [5.41, 5.74) is 1.48. The first-order valence-electron chi connectivity index (χ1n) is 6.03. The van der Waals surface area contributed by atoms with Crippen LogP contribution >= 0.6 is 34.8 Å². The van der Waals surface area contributed by atoms with Gasteiger partial charge in [0.25, 0.3) is 0 Å². The number of hydrogen-bond acceptors (Lipinski definition) is 2. The number of hydrogen-bond donors (Lipinski definition) is 0. The summed E-state index contributed by atoms with van der Waals surface area (Å²) in [7, 11) is 0. The Balaban J connectivity index is 0.00000161. The van der Waals surface area contributed by atoms with Crippen molar-refractivity contribution in [3.05, 3.63) is 68.7 Å². The zero-order chi connectivity index (χ0) is 14.2. The van der Waals surface area contributed by atoms with Crippen molar-refractivity contribution in [1.29, 1.82) is 0 Å². The minimum Gasteiger partial charge on any atom is -0.341 e. The third-order valence-electron chi connectivity index (χ3n) is 3.10. The average molecular weight is 336 g/mol. The Morgan fingerprint density at radius 1 is 1.00 bits per heavy atom. The summed E-state index contributed by atoms with van der Waals surface area (Å²) in [4.78, 5) is 0. The number of ether oxygens (including phenoxy) is 2. The van der Waals surface area contributed by atoms with E-state index in [2.05, 4.69) is 6.07 Å². The topological polar surface area (TPSA) is 18.5 Å². The summed E-state index contributed by atoms with van der Waals surface area (Å²) in [6.07, 6.45) is 0. The molecule has 1 fully saturated rings. The van der Waals surface area contributed by atoms with Crippen molar-refractivity contribution in [2.75, 3.05) is 13.2 Å². The van der Waals surface area contributed by atoms with E-state index in [4.69, 9.17) is 44.3 Å². The van der Waals surface area contributed by atoms with E-state index in [0.717, 1.165) is 5.56 Å². The van der Waals surface area contributed by atoms with Gasteiger partial charge in [0.2, 0.25) is 0 Å². The fourth-order valence-electron chi connectivity index (χ4n) is 2.22. The van der Waals surface area contributed by atoms with Gasteiger partial charge in [-0.15, -0.1) is 11.6 Å². The van der Waals surface area contributed by atoms with Crippen molar-refractivity contribution in [1.82, 2.24) is 0 Å². The number of halogens is 3. The molecule has 0 bridgehead atoms. The van der Waals surface area contributed by atoms with E-state index in [-0.39, 0.29) is 18.9 Å². The van der Waals surface area contributed by atoms with Gasteiger partial charge in [-0.1, -0.05) is 39.3 Å². The van der Waals surface area contributed by atoms with Crippen LogP contribution in [0, 0.1) is 6.07 Å². The molecule has 104 valence electrons. The van der Waals surface area contributed by atoms with Crippen LogP contribution < -0.4 is 18.9 Å². The van der Waals surface area contributed by atoms with Gasteiger partial charge in [0.15, 0.2) is 5.79 Å². The monoisotopic (exact) mass is 334 g/mol. The molecule has 1 heterocycles. The van der Waals surface area contributed by atoms with E-state index < -0.39 is 5.79 Å². The van der Waals surface area contributed by atoms with Gasteiger partial charge in [-0.2, -0.15) is 29.8 Å². The summed E-state index contributed by atoms with van der Waals surface area (Å²) < 4.78 is 11.7. The second kappa shape index (κ2) is 6.94. The SMILES string of the molecule is Clc1cccc(C2(c3[c-]c(Cl)c(Cl)cc3)OCCO2)c1.[Li+]. The van der Waals surface area contributed by atoms with Crippen LogP contribution in [-0.2, 0) is 15.3 Å². The predicted molar refractivity (Wildman–Crippen MR) is 79.4 cm³/mol. The zero-order valence-electron chi connectivity index (χ0n) is 11.3. The summed E-state index contributed by atoms with van der Waals surface area (Å²) >= 11 is 18.0. The Hall–Kier alpha value is -0.173. The van der Waals surface area contributed by atoms with E-state index in [0.29, 0.717) is 33.8 Å². The molecule has 3 rings (SSSR count). The van der Waals surface area contributed by atoms with Gasteiger partial charge in [0.1, 0.15) is 0 Å². The minimum absolute atomic E-state index is 0. The first kappa shape index (κ1) is 17.2. The fourth-order valence-corrected chi connectivity index (χ4v) is 2.69. The molecule has 0 amide bonds. The fraction of sp³-hybridized carbons (Fsp3) is 0.200. The summed E-state index contributed by atoms with van der Waals surface area (Å²) in [5.74, 6) is -1.03. The van der Waals surface area contributed by atoms with Gasteiger partial charge in [-0.3, -0.25) is 0 Å². The molecule has 2 aromatic rings. The quantitative estimate of drug-likeness (QED) is 0.614. The molecular formula is C15H10Cl3LiO2. The van der Waals surface area contributed by atoms with Gasteiger partial charge >= 0.3 is 18.9 Å². The molecule has 0 radical (unpaired) electrons. The van der Waals surface area contributed by atoms with Crippen molar-refractivity contribution in [2.45, 2.75) is 5.79 Å². The number of benzene rings is 2. The second-order valence-corrected chi connectivity index (χ2v) is 5.58. The van der Waals surface area contributed by atoms with Gasteiger partial charge in [0, 0.05) is 10.6 Å². The van der Waals surface area contributed by atoms with Crippen molar-refractivity contribution < 1.29 is 28.3 Å². The molecule has 2 nitrogen and oxygen atoms in total. The maximum absolute atomic E-state index is 6.06. The Morgan fingerprint density at radius 2 is 1.71 bits per heavy atom. The van der Waals surface area contributed by atoms with Gasteiger partial charge in [-0.05, 0) is 12.1 Å². The van der Waals surface area contributed by atoms with Crippen LogP contribution in [0.4, 0.5) is 0 Å². The van der Waals surface area contributed by atoms with Crippen molar-refractivity contribution in [3.8, 4) is 0 Å². The summed E-state index contributed by atoms with van der Waals surface area (Å²) in [6, 6.07) is 13.9. The van der Waals surface area contributed by atoms with Crippen molar-refractivity contribution >= 4 is 34.8 Å². The van der Waals surface area contributed by atoms with Crippen LogP contribution in [0.15, 0.2) is 36.4 Å². The molecule has 0 saturated carbocycles. The Bertz CT molecular complexity index is 643. The molecule has 21 heavy (non-hydrogen) atoms. The Morgan fingerprint density at radius 3 is 2.33 bits per heavy atom. The van der Waals surface area contributed by atoms with E-state index in [1.807, 2.05) is 18.2 Å². The minimum atomic E-state index is -1.03. The molecular weight excluding hydrogens is 325 g/mol. The number of rotatable bonds is 2. The Labute approximate surface area is 150 Å². The van der Waals surface area contributed by atoms with Crippen LogP contribution in [0.1, 0.15) is 11.1 Å². The smallest absolute Gasteiger partial charge is 0.341 e. The molecule has 0 atom stereocenters. The van der Waals surface area contributed by atoms with Gasteiger partial charge in [0.05, 0.1) is 13.2 Å².